The summed E-state index contributed by atoms with van der Waals surface area (Å²) in [5.41, 5.74) is 0.172. The monoisotopic (exact) mass is 366 g/mol. The smallest absolute Gasteiger partial charge is 0.352 e. The highest BCUT2D eigenvalue weighted by molar-refractivity contribution is 6.39. The molecule has 0 saturated heterocycles. The van der Waals surface area contributed by atoms with Crippen molar-refractivity contribution < 1.29 is 19.0 Å². The SMILES string of the molecule is CCCCCCC(C)Nc1c(Cl)c(F)nc(OOC(C)=O)c1Cl. The van der Waals surface area contributed by atoms with E-state index in [1.807, 2.05) is 6.92 Å². The van der Waals surface area contributed by atoms with E-state index in [-0.39, 0.29) is 27.7 Å². The third-order valence-electron chi connectivity index (χ3n) is 3.13. The molecule has 0 aliphatic carbocycles. The molecule has 8 heteroatoms. The zero-order valence-corrected chi connectivity index (χ0v) is 14.9. The molecule has 0 aromatic carbocycles. The van der Waals surface area contributed by atoms with E-state index in [1.54, 1.807) is 0 Å². The van der Waals surface area contributed by atoms with Crippen molar-refractivity contribution in [2.75, 3.05) is 5.32 Å². The highest BCUT2D eigenvalue weighted by atomic mass is 35.5. The van der Waals surface area contributed by atoms with Gasteiger partial charge in [-0.1, -0.05) is 55.8 Å². The van der Waals surface area contributed by atoms with Crippen LogP contribution in [-0.2, 0) is 9.68 Å². The summed E-state index contributed by atoms with van der Waals surface area (Å²) in [4.78, 5) is 23.2. The Balaban J connectivity index is 2.81. The van der Waals surface area contributed by atoms with Crippen molar-refractivity contribution in [3.8, 4) is 5.88 Å². The molecule has 0 aliphatic rings. The van der Waals surface area contributed by atoms with Crippen molar-refractivity contribution in [1.29, 1.82) is 0 Å². The van der Waals surface area contributed by atoms with Gasteiger partial charge in [-0.15, -0.1) is 0 Å². The molecular weight excluding hydrogens is 346 g/mol. The lowest BCUT2D eigenvalue weighted by Crippen LogP contribution is -2.17. The molecule has 0 saturated carbocycles. The molecule has 23 heavy (non-hydrogen) atoms. The number of carbonyl (C=O) groups excluding carboxylic acids is 1. The van der Waals surface area contributed by atoms with Crippen molar-refractivity contribution in [2.45, 2.75) is 58.9 Å². The maximum atomic E-state index is 13.8. The molecule has 0 bridgehead atoms. The molecule has 0 spiro atoms. The van der Waals surface area contributed by atoms with Gasteiger partial charge >= 0.3 is 5.97 Å². The third-order valence-corrected chi connectivity index (χ3v) is 3.82. The van der Waals surface area contributed by atoms with Gasteiger partial charge in [0.1, 0.15) is 10.0 Å². The van der Waals surface area contributed by atoms with Gasteiger partial charge in [-0.25, -0.2) is 9.68 Å². The van der Waals surface area contributed by atoms with Crippen molar-refractivity contribution in [3.05, 3.63) is 16.0 Å². The lowest BCUT2D eigenvalue weighted by Gasteiger charge is -2.18. The van der Waals surface area contributed by atoms with E-state index in [0.717, 1.165) is 32.6 Å². The summed E-state index contributed by atoms with van der Waals surface area (Å²) in [6.45, 7) is 5.23. The number of nitrogens with one attached hydrogen (secondary N) is 1. The number of halogens is 3. The number of nitrogens with zero attached hydrogens (tertiary/aromatic N) is 1. The highest BCUT2D eigenvalue weighted by Gasteiger charge is 2.21. The molecule has 0 radical (unpaired) electrons. The first kappa shape index (κ1) is 19.8. The number of rotatable bonds is 9. The first-order chi connectivity index (χ1) is 10.9. The van der Waals surface area contributed by atoms with Crippen LogP contribution in [0.3, 0.4) is 0 Å². The predicted molar refractivity (Wildman–Crippen MR) is 88.5 cm³/mol. The Hall–Kier alpha value is -1.27. The Morgan fingerprint density at radius 2 is 2.00 bits per heavy atom. The molecule has 0 amide bonds. The lowest BCUT2D eigenvalue weighted by molar-refractivity contribution is -0.212. The first-order valence-electron chi connectivity index (χ1n) is 7.52. The summed E-state index contributed by atoms with van der Waals surface area (Å²) in [6, 6.07) is 0.0326. The topological polar surface area (TPSA) is 60.5 Å². The highest BCUT2D eigenvalue weighted by Crippen LogP contribution is 2.38. The van der Waals surface area contributed by atoms with Gasteiger partial charge in [0.05, 0.1) is 5.69 Å². The predicted octanol–water partition coefficient (Wildman–Crippen LogP) is 5.16. The van der Waals surface area contributed by atoms with Gasteiger partial charge in [0.15, 0.2) is 0 Å². The third kappa shape index (κ3) is 6.39. The summed E-state index contributed by atoms with van der Waals surface area (Å²) >= 11 is 12.0. The van der Waals surface area contributed by atoms with Crippen molar-refractivity contribution in [3.63, 3.8) is 0 Å². The number of hydrogen-bond donors (Lipinski definition) is 1. The van der Waals surface area contributed by atoms with E-state index in [0.29, 0.717) is 0 Å². The normalized spacial score (nSPS) is 11.9. The number of carbonyl (C=O) groups is 1. The van der Waals surface area contributed by atoms with Crippen LogP contribution in [0.1, 0.15) is 52.9 Å². The van der Waals surface area contributed by atoms with E-state index in [4.69, 9.17) is 23.2 Å². The van der Waals surface area contributed by atoms with E-state index in [2.05, 4.69) is 27.0 Å². The summed E-state index contributed by atoms with van der Waals surface area (Å²) in [7, 11) is 0. The summed E-state index contributed by atoms with van der Waals surface area (Å²) in [5.74, 6) is -2.03. The van der Waals surface area contributed by atoms with Crippen LogP contribution in [0, 0.1) is 5.95 Å². The molecular formula is C15H21Cl2FN2O3. The second-order valence-electron chi connectivity index (χ2n) is 5.26. The van der Waals surface area contributed by atoms with Crippen LogP contribution in [-0.4, -0.2) is 17.0 Å². The molecule has 1 aromatic rings. The van der Waals surface area contributed by atoms with Crippen LogP contribution in [0.4, 0.5) is 10.1 Å². The summed E-state index contributed by atoms with van der Waals surface area (Å²) in [6.07, 6.45) is 5.40. The first-order valence-corrected chi connectivity index (χ1v) is 8.28. The van der Waals surface area contributed by atoms with Gasteiger partial charge in [0, 0.05) is 13.0 Å². The fourth-order valence-electron chi connectivity index (χ4n) is 1.97. The molecule has 1 heterocycles. The average molecular weight is 367 g/mol. The molecule has 0 aliphatic heterocycles. The maximum absolute atomic E-state index is 13.8. The van der Waals surface area contributed by atoms with Gasteiger partial charge in [-0.2, -0.15) is 9.37 Å². The molecule has 1 aromatic heterocycles. The zero-order chi connectivity index (χ0) is 17.4. The van der Waals surface area contributed by atoms with Crippen LogP contribution in [0.5, 0.6) is 5.88 Å². The van der Waals surface area contributed by atoms with Gasteiger partial charge < -0.3 is 5.32 Å². The van der Waals surface area contributed by atoms with Gasteiger partial charge in [-0.3, -0.25) is 4.89 Å². The summed E-state index contributed by atoms with van der Waals surface area (Å²) in [5, 5.41) is 2.79. The minimum atomic E-state index is -0.959. The second kappa shape index (κ2) is 9.78. The van der Waals surface area contributed by atoms with Gasteiger partial charge in [-0.05, 0) is 13.3 Å². The zero-order valence-electron chi connectivity index (χ0n) is 13.4. The molecule has 0 fully saturated rings. The van der Waals surface area contributed by atoms with Crippen LogP contribution >= 0.6 is 23.2 Å². The molecule has 1 unspecified atom stereocenters. The van der Waals surface area contributed by atoms with Crippen LogP contribution in [0.25, 0.3) is 0 Å². The number of aromatic nitrogens is 1. The number of unbranched alkanes of at least 4 members (excludes halogenated alkanes) is 3. The minimum Gasteiger partial charge on any atom is -0.380 e. The van der Waals surface area contributed by atoms with Gasteiger partial charge in [0.2, 0.25) is 5.95 Å². The van der Waals surface area contributed by atoms with Crippen molar-refractivity contribution in [1.82, 2.24) is 4.98 Å². The fourth-order valence-corrected chi connectivity index (χ4v) is 2.43. The fraction of sp³-hybridized carbons (Fsp3) is 0.600. The van der Waals surface area contributed by atoms with Gasteiger partial charge in [0.25, 0.3) is 5.88 Å². The molecule has 1 rings (SSSR count). The Bertz CT molecular complexity index is 544. The Morgan fingerprint density at radius 1 is 1.30 bits per heavy atom. The Labute approximate surface area is 145 Å². The van der Waals surface area contributed by atoms with E-state index in [9.17, 15) is 9.18 Å². The van der Waals surface area contributed by atoms with E-state index < -0.39 is 11.9 Å². The Morgan fingerprint density at radius 3 is 2.61 bits per heavy atom. The van der Waals surface area contributed by atoms with Crippen LogP contribution < -0.4 is 10.2 Å². The van der Waals surface area contributed by atoms with Crippen LogP contribution in [0.2, 0.25) is 10.0 Å². The molecule has 5 nitrogen and oxygen atoms in total. The summed E-state index contributed by atoms with van der Waals surface area (Å²) < 4.78 is 13.8. The quantitative estimate of drug-likeness (QED) is 0.283. The standard InChI is InChI=1S/C15H21Cl2FN2O3/c1-4-5-6-7-8-9(2)19-13-11(16)14(18)20-15(12(13)17)23-22-10(3)21/h9H,4-8H2,1-3H3,(H,19,20). The molecule has 1 atom stereocenters. The minimum absolute atomic E-state index is 0.0326. The molecule has 130 valence electrons. The van der Waals surface area contributed by atoms with E-state index >= 15 is 0 Å². The molecule has 1 N–H and O–H groups in total. The number of pyridine rings is 1. The largest absolute Gasteiger partial charge is 0.380 e. The van der Waals surface area contributed by atoms with Crippen molar-refractivity contribution in [2.24, 2.45) is 0 Å². The second-order valence-corrected chi connectivity index (χ2v) is 6.02. The van der Waals surface area contributed by atoms with Crippen LogP contribution in [0.15, 0.2) is 0 Å². The van der Waals surface area contributed by atoms with E-state index in [1.165, 1.54) is 6.42 Å². The maximum Gasteiger partial charge on any atom is 0.352 e. The van der Waals surface area contributed by atoms with Crippen molar-refractivity contribution >= 4 is 34.9 Å². The Kier molecular flexibility index (Phi) is 8.41. The lowest BCUT2D eigenvalue weighted by atomic mass is 10.1. The average Bonchev–Trinajstić information content (AvgIpc) is 2.50. The number of hydrogen-bond acceptors (Lipinski definition) is 5. The number of anilines is 1.